The number of benzene rings is 1. The first-order valence-electron chi connectivity index (χ1n) is 8.59. The molecule has 2 rings (SSSR count). The van der Waals surface area contributed by atoms with E-state index in [0.717, 1.165) is 24.3 Å². The van der Waals surface area contributed by atoms with E-state index in [1.54, 1.807) is 0 Å². The number of nitrogens with zero attached hydrogens (tertiary/aromatic N) is 1. The third-order valence-electron chi connectivity index (χ3n) is 4.50. The Bertz CT molecular complexity index is 613. The molecule has 0 spiro atoms. The molecule has 2 N–H and O–H groups in total. The van der Waals surface area contributed by atoms with Crippen LogP contribution in [0.15, 0.2) is 24.3 Å². The smallest absolute Gasteiger partial charge is 0.214 e. The Balaban J connectivity index is 2.12. The molecular formula is C17H30N3O4S+. The molecule has 1 saturated heterocycles. The van der Waals surface area contributed by atoms with Crippen LogP contribution in [0.3, 0.4) is 0 Å². The normalized spacial score (nSPS) is 17.4. The van der Waals surface area contributed by atoms with Gasteiger partial charge < -0.3 is 19.3 Å². The van der Waals surface area contributed by atoms with Crippen molar-refractivity contribution >= 4 is 15.7 Å². The second-order valence-electron chi connectivity index (χ2n) is 6.47. The van der Waals surface area contributed by atoms with E-state index < -0.39 is 10.0 Å². The predicted molar refractivity (Wildman–Crippen MR) is 98.7 cm³/mol. The second-order valence-corrected chi connectivity index (χ2v) is 8.40. The van der Waals surface area contributed by atoms with Crippen LogP contribution in [-0.2, 0) is 19.5 Å². The van der Waals surface area contributed by atoms with Crippen molar-refractivity contribution in [2.45, 2.75) is 6.04 Å². The zero-order valence-corrected chi connectivity index (χ0v) is 16.1. The Morgan fingerprint density at radius 2 is 1.88 bits per heavy atom. The zero-order valence-electron chi connectivity index (χ0n) is 15.3. The fourth-order valence-corrected chi connectivity index (χ4v) is 3.91. The van der Waals surface area contributed by atoms with E-state index in [4.69, 9.17) is 9.47 Å². The lowest BCUT2D eigenvalue weighted by molar-refractivity contribution is -0.937. The fourth-order valence-electron chi connectivity index (χ4n) is 2.96. The number of nitrogens with one attached hydrogen (secondary N) is 2. The monoisotopic (exact) mass is 372 g/mol. The molecule has 1 heterocycles. The summed E-state index contributed by atoms with van der Waals surface area (Å²) in [5.41, 5.74) is 2.26. The van der Waals surface area contributed by atoms with Crippen LogP contribution in [0.4, 0.5) is 5.69 Å². The van der Waals surface area contributed by atoms with Gasteiger partial charge in [0.05, 0.1) is 32.1 Å². The molecule has 142 valence electrons. The van der Waals surface area contributed by atoms with E-state index in [2.05, 4.69) is 29.0 Å². The van der Waals surface area contributed by atoms with Crippen LogP contribution in [0.1, 0.15) is 11.6 Å². The average molecular weight is 373 g/mol. The van der Waals surface area contributed by atoms with Crippen molar-refractivity contribution < 1.29 is 22.8 Å². The Morgan fingerprint density at radius 3 is 2.44 bits per heavy atom. The molecule has 0 amide bonds. The third-order valence-corrected chi connectivity index (χ3v) is 5.81. The van der Waals surface area contributed by atoms with Crippen molar-refractivity contribution in [3.05, 3.63) is 29.8 Å². The molecule has 0 unspecified atom stereocenters. The SMILES string of the molecule is COCCS(=O)(=O)NC[C@@H](c1ccc(N(C)C)cc1)[NH+]1CCOCC1. The van der Waals surface area contributed by atoms with Gasteiger partial charge in [-0.3, -0.25) is 0 Å². The summed E-state index contributed by atoms with van der Waals surface area (Å²) in [5.74, 6) is -0.0196. The van der Waals surface area contributed by atoms with E-state index in [1.165, 1.54) is 12.0 Å². The second kappa shape index (κ2) is 9.49. The summed E-state index contributed by atoms with van der Waals surface area (Å²) < 4.78 is 37.3. The summed E-state index contributed by atoms with van der Waals surface area (Å²) in [4.78, 5) is 3.40. The molecule has 25 heavy (non-hydrogen) atoms. The van der Waals surface area contributed by atoms with Gasteiger partial charge in [-0.15, -0.1) is 0 Å². The molecular weight excluding hydrogens is 342 g/mol. The maximum Gasteiger partial charge on any atom is 0.214 e. The molecule has 1 atom stereocenters. The van der Waals surface area contributed by atoms with Gasteiger partial charge in [-0.2, -0.15) is 0 Å². The van der Waals surface area contributed by atoms with Gasteiger partial charge in [-0.1, -0.05) is 12.1 Å². The number of methoxy groups -OCH3 is 1. The number of hydrogen-bond donors (Lipinski definition) is 2. The number of rotatable bonds is 9. The minimum atomic E-state index is -3.33. The van der Waals surface area contributed by atoms with Crippen LogP contribution in [-0.4, -0.2) is 74.8 Å². The highest BCUT2D eigenvalue weighted by molar-refractivity contribution is 7.89. The molecule has 0 bridgehead atoms. The lowest BCUT2D eigenvalue weighted by Gasteiger charge is -2.32. The van der Waals surface area contributed by atoms with Crippen molar-refractivity contribution in [1.82, 2.24) is 4.72 Å². The maximum atomic E-state index is 12.1. The quantitative estimate of drug-likeness (QED) is 0.598. The van der Waals surface area contributed by atoms with Crippen LogP contribution < -0.4 is 14.5 Å². The fraction of sp³-hybridized carbons (Fsp3) is 0.647. The molecule has 0 aromatic heterocycles. The molecule has 7 nitrogen and oxygen atoms in total. The molecule has 8 heteroatoms. The van der Waals surface area contributed by atoms with Gasteiger partial charge in [0.25, 0.3) is 0 Å². The highest BCUT2D eigenvalue weighted by Crippen LogP contribution is 2.16. The van der Waals surface area contributed by atoms with Gasteiger partial charge >= 0.3 is 0 Å². The van der Waals surface area contributed by atoms with Crippen molar-refractivity contribution in [3.63, 3.8) is 0 Å². The van der Waals surface area contributed by atoms with Gasteiger partial charge in [0, 0.05) is 32.5 Å². The third kappa shape index (κ3) is 6.23. The van der Waals surface area contributed by atoms with Gasteiger partial charge in [0.2, 0.25) is 10.0 Å². The van der Waals surface area contributed by atoms with E-state index in [0.29, 0.717) is 19.8 Å². The zero-order chi connectivity index (χ0) is 18.3. The molecule has 1 aromatic carbocycles. The van der Waals surface area contributed by atoms with Crippen LogP contribution in [0, 0.1) is 0 Å². The lowest BCUT2D eigenvalue weighted by atomic mass is 10.0. The van der Waals surface area contributed by atoms with Crippen LogP contribution >= 0.6 is 0 Å². The topological polar surface area (TPSA) is 72.3 Å². The van der Waals surface area contributed by atoms with E-state index in [-0.39, 0.29) is 18.4 Å². The van der Waals surface area contributed by atoms with Crippen molar-refractivity contribution in [2.75, 3.05) is 71.3 Å². The van der Waals surface area contributed by atoms with Crippen molar-refractivity contribution in [1.29, 1.82) is 0 Å². The average Bonchev–Trinajstić information content (AvgIpc) is 2.61. The summed E-state index contributed by atoms with van der Waals surface area (Å²) >= 11 is 0. The van der Waals surface area contributed by atoms with Crippen LogP contribution in [0.2, 0.25) is 0 Å². The van der Waals surface area contributed by atoms with E-state index in [9.17, 15) is 8.42 Å². The van der Waals surface area contributed by atoms with Crippen molar-refractivity contribution in [3.8, 4) is 0 Å². The largest absolute Gasteiger partial charge is 0.384 e. The number of sulfonamides is 1. The first kappa shape index (κ1) is 20.1. The summed E-state index contributed by atoms with van der Waals surface area (Å²) in [6, 6.07) is 8.39. The Morgan fingerprint density at radius 1 is 1.24 bits per heavy atom. The molecule has 1 fully saturated rings. The maximum absolute atomic E-state index is 12.1. The molecule has 0 saturated carbocycles. The van der Waals surface area contributed by atoms with Gasteiger partial charge in [-0.05, 0) is 12.1 Å². The summed E-state index contributed by atoms with van der Waals surface area (Å²) in [6.45, 7) is 3.74. The molecule has 0 aliphatic carbocycles. The van der Waals surface area contributed by atoms with Crippen molar-refractivity contribution in [2.24, 2.45) is 0 Å². The number of quaternary nitrogens is 1. The van der Waals surface area contributed by atoms with E-state index >= 15 is 0 Å². The summed E-state index contributed by atoms with van der Waals surface area (Å²) in [6.07, 6.45) is 0. The molecule has 0 radical (unpaired) electrons. The highest BCUT2D eigenvalue weighted by Gasteiger charge is 2.27. The first-order chi connectivity index (χ1) is 11.9. The summed E-state index contributed by atoms with van der Waals surface area (Å²) in [5, 5.41) is 0. The minimum absolute atomic E-state index is 0.0196. The Labute approximate surface area is 150 Å². The van der Waals surface area contributed by atoms with Gasteiger partial charge in [0.15, 0.2) is 0 Å². The van der Waals surface area contributed by atoms with Gasteiger partial charge in [-0.25, -0.2) is 13.1 Å². The molecule has 1 aliphatic heterocycles. The van der Waals surface area contributed by atoms with Crippen LogP contribution in [0.5, 0.6) is 0 Å². The molecule has 1 aromatic rings. The highest BCUT2D eigenvalue weighted by atomic mass is 32.2. The Kier molecular flexibility index (Phi) is 7.64. The number of hydrogen-bond acceptors (Lipinski definition) is 5. The van der Waals surface area contributed by atoms with E-state index in [1.807, 2.05) is 19.0 Å². The first-order valence-corrected chi connectivity index (χ1v) is 10.2. The molecule has 1 aliphatic rings. The standard InChI is InChI=1S/C17H29N3O4S/c1-19(2)16-6-4-15(5-7-16)17(20-8-10-24-11-9-20)14-18-25(21,22)13-12-23-3/h4-7,17-18H,8-14H2,1-3H3/p+1/t17-/m0/s1. The summed E-state index contributed by atoms with van der Waals surface area (Å²) in [7, 11) is 2.17. The number of ether oxygens (including phenoxy) is 2. The Hall–Kier alpha value is -1.19. The van der Waals surface area contributed by atoms with Gasteiger partial charge in [0.1, 0.15) is 19.1 Å². The number of morpholine rings is 1. The number of anilines is 1. The van der Waals surface area contributed by atoms with Crippen LogP contribution in [0.25, 0.3) is 0 Å². The minimum Gasteiger partial charge on any atom is -0.384 e. The lowest BCUT2D eigenvalue weighted by Crippen LogP contribution is -3.15. The predicted octanol–water partition coefficient (Wildman–Crippen LogP) is -0.725.